The monoisotopic (exact) mass is 448 g/mol. The van der Waals surface area contributed by atoms with Crippen molar-refractivity contribution in [2.45, 2.75) is 38.1 Å². The molecule has 3 aromatic carbocycles. The summed E-state index contributed by atoms with van der Waals surface area (Å²) in [5.74, 6) is 0.652. The van der Waals surface area contributed by atoms with Crippen molar-refractivity contribution in [3.8, 4) is 11.1 Å². The van der Waals surface area contributed by atoms with E-state index in [1.54, 1.807) is 0 Å². The van der Waals surface area contributed by atoms with E-state index in [1.807, 2.05) is 54.7 Å². The van der Waals surface area contributed by atoms with Crippen LogP contribution in [0.4, 0.5) is 5.88 Å². The molecule has 0 spiro atoms. The molecule has 5 heteroatoms. The van der Waals surface area contributed by atoms with E-state index in [-0.39, 0.29) is 5.63 Å². The lowest BCUT2D eigenvalue weighted by Gasteiger charge is -2.23. The molecule has 0 atom stereocenters. The van der Waals surface area contributed by atoms with E-state index in [2.05, 4.69) is 22.4 Å². The number of anilines is 1. The van der Waals surface area contributed by atoms with Gasteiger partial charge in [-0.05, 0) is 30.4 Å². The van der Waals surface area contributed by atoms with Crippen LogP contribution in [0.5, 0.6) is 0 Å². The fraction of sp³-hybridized carbons (Fsp3) is 0.207. The number of furan rings is 1. The summed E-state index contributed by atoms with van der Waals surface area (Å²) >= 11 is 0. The Bertz CT molecular complexity index is 1750. The van der Waals surface area contributed by atoms with Crippen molar-refractivity contribution in [3.63, 3.8) is 0 Å². The van der Waals surface area contributed by atoms with Gasteiger partial charge in [0, 0.05) is 34.1 Å². The number of nitrogens with one attached hydrogen (secondary N) is 2. The van der Waals surface area contributed by atoms with Gasteiger partial charge < -0.3 is 19.1 Å². The average molecular weight is 449 g/mol. The number of fused-ring (bicyclic) bond motifs is 6. The number of hydrogen-bond acceptors (Lipinski definition) is 4. The van der Waals surface area contributed by atoms with Gasteiger partial charge in [-0.25, -0.2) is 4.79 Å². The maximum absolute atomic E-state index is 13.5. The summed E-state index contributed by atoms with van der Waals surface area (Å²) in [6.45, 7) is 0. The minimum atomic E-state index is -0.375. The van der Waals surface area contributed by atoms with E-state index in [9.17, 15) is 4.79 Å². The van der Waals surface area contributed by atoms with Crippen LogP contribution in [0, 0.1) is 0 Å². The summed E-state index contributed by atoms with van der Waals surface area (Å²) in [6.07, 6.45) is 7.85. The minimum absolute atomic E-state index is 0.331. The quantitative estimate of drug-likeness (QED) is 0.216. The van der Waals surface area contributed by atoms with Crippen LogP contribution in [0.2, 0.25) is 0 Å². The number of aromatic amines is 1. The predicted molar refractivity (Wildman–Crippen MR) is 138 cm³/mol. The Labute approximate surface area is 195 Å². The van der Waals surface area contributed by atoms with Crippen molar-refractivity contribution >= 4 is 49.5 Å². The molecule has 0 aliphatic heterocycles. The molecule has 1 fully saturated rings. The fourth-order valence-electron chi connectivity index (χ4n) is 5.56. The first-order chi connectivity index (χ1) is 16.8. The Morgan fingerprint density at radius 1 is 0.794 bits per heavy atom. The molecular weight excluding hydrogens is 424 g/mol. The zero-order valence-corrected chi connectivity index (χ0v) is 18.7. The van der Waals surface area contributed by atoms with Crippen molar-refractivity contribution in [2.75, 3.05) is 5.32 Å². The smallest absolute Gasteiger partial charge is 0.348 e. The van der Waals surface area contributed by atoms with Gasteiger partial charge in [-0.15, -0.1) is 0 Å². The van der Waals surface area contributed by atoms with E-state index in [0.29, 0.717) is 28.5 Å². The third-order valence-electron chi connectivity index (χ3n) is 7.23. The van der Waals surface area contributed by atoms with Crippen LogP contribution in [-0.2, 0) is 0 Å². The topological polar surface area (TPSA) is 71.2 Å². The molecule has 6 aromatic rings. The second-order valence-electron chi connectivity index (χ2n) is 9.29. The lowest BCUT2D eigenvalue weighted by molar-refractivity contribution is 0.453. The van der Waals surface area contributed by atoms with E-state index >= 15 is 0 Å². The van der Waals surface area contributed by atoms with Crippen molar-refractivity contribution in [1.82, 2.24) is 4.98 Å². The van der Waals surface area contributed by atoms with Crippen LogP contribution in [0.15, 0.2) is 80.5 Å². The molecule has 1 aliphatic carbocycles. The number of aromatic nitrogens is 1. The van der Waals surface area contributed by atoms with Gasteiger partial charge in [0.05, 0.1) is 10.9 Å². The molecule has 5 nitrogen and oxygen atoms in total. The summed E-state index contributed by atoms with van der Waals surface area (Å²) in [4.78, 5) is 16.9. The first kappa shape index (κ1) is 19.5. The fourth-order valence-corrected chi connectivity index (χ4v) is 5.56. The second kappa shape index (κ2) is 7.52. The molecule has 7 rings (SSSR count). The zero-order chi connectivity index (χ0) is 22.6. The zero-order valence-electron chi connectivity index (χ0n) is 18.7. The standard InChI is InChI=1S/C29H24N2O3/c32-29-25-24(22-16-30-23-13-7-6-12-20(22)23)28(31-18-9-2-1-3-10-18)33-27(25)21-15-14-17-8-4-5-11-19(17)26(21)34-29/h4-8,11-16,18,30-31H,1-3,9-10H2. The molecule has 1 aliphatic rings. The first-order valence-corrected chi connectivity index (χ1v) is 12.0. The van der Waals surface area contributed by atoms with Crippen molar-refractivity contribution < 1.29 is 8.83 Å². The van der Waals surface area contributed by atoms with Crippen LogP contribution in [0.3, 0.4) is 0 Å². The molecule has 0 unspecified atom stereocenters. The van der Waals surface area contributed by atoms with E-state index in [4.69, 9.17) is 8.83 Å². The van der Waals surface area contributed by atoms with Gasteiger partial charge >= 0.3 is 5.63 Å². The number of hydrogen-bond donors (Lipinski definition) is 2. The molecule has 1 saturated carbocycles. The molecule has 3 heterocycles. The number of benzene rings is 3. The van der Waals surface area contributed by atoms with Crippen LogP contribution in [-0.4, -0.2) is 11.0 Å². The summed E-state index contributed by atoms with van der Waals surface area (Å²) in [6, 6.07) is 20.5. The van der Waals surface area contributed by atoms with E-state index < -0.39 is 0 Å². The molecule has 34 heavy (non-hydrogen) atoms. The first-order valence-electron chi connectivity index (χ1n) is 12.0. The minimum Gasteiger partial charge on any atom is -0.439 e. The van der Waals surface area contributed by atoms with Gasteiger partial charge in [0.15, 0.2) is 5.58 Å². The van der Waals surface area contributed by atoms with Gasteiger partial charge in [-0.3, -0.25) is 0 Å². The van der Waals surface area contributed by atoms with Crippen LogP contribution in [0.25, 0.3) is 54.7 Å². The normalized spacial score (nSPS) is 15.1. The molecule has 2 N–H and O–H groups in total. The highest BCUT2D eigenvalue weighted by Crippen LogP contribution is 2.43. The number of para-hydroxylation sites is 1. The SMILES string of the molecule is O=c1oc2c3ccccc3ccc2c2oc(NC3CCCCC3)c(-c3c[nH]c4ccccc34)c12. The lowest BCUT2D eigenvalue weighted by atomic mass is 9.95. The Morgan fingerprint density at radius 3 is 2.47 bits per heavy atom. The molecule has 168 valence electrons. The summed E-state index contributed by atoms with van der Waals surface area (Å²) in [5, 5.41) is 7.95. The van der Waals surface area contributed by atoms with Gasteiger partial charge in [0.25, 0.3) is 0 Å². The maximum Gasteiger partial charge on any atom is 0.348 e. The second-order valence-corrected chi connectivity index (χ2v) is 9.29. The highest BCUT2D eigenvalue weighted by molar-refractivity contribution is 6.17. The Morgan fingerprint density at radius 2 is 1.59 bits per heavy atom. The predicted octanol–water partition coefficient (Wildman–Crippen LogP) is 7.59. The van der Waals surface area contributed by atoms with E-state index in [1.165, 1.54) is 19.3 Å². The molecule has 0 bridgehead atoms. The van der Waals surface area contributed by atoms with Crippen molar-refractivity contribution in [1.29, 1.82) is 0 Å². The van der Waals surface area contributed by atoms with Crippen LogP contribution < -0.4 is 10.9 Å². The van der Waals surface area contributed by atoms with Crippen molar-refractivity contribution in [3.05, 3.63) is 77.3 Å². The molecule has 0 radical (unpaired) electrons. The number of rotatable bonds is 3. The maximum atomic E-state index is 13.5. The van der Waals surface area contributed by atoms with Crippen LogP contribution >= 0.6 is 0 Å². The largest absolute Gasteiger partial charge is 0.439 e. The highest BCUT2D eigenvalue weighted by Gasteiger charge is 2.26. The Hall–Kier alpha value is -3.99. The van der Waals surface area contributed by atoms with Crippen LogP contribution in [0.1, 0.15) is 32.1 Å². The van der Waals surface area contributed by atoms with Gasteiger partial charge in [-0.2, -0.15) is 0 Å². The number of H-pyrrole nitrogens is 1. The van der Waals surface area contributed by atoms with Crippen molar-refractivity contribution in [2.24, 2.45) is 0 Å². The summed E-state index contributed by atoms with van der Waals surface area (Å²) in [7, 11) is 0. The Kier molecular flexibility index (Phi) is 4.31. The Balaban J connectivity index is 1.56. The van der Waals surface area contributed by atoms with E-state index in [0.717, 1.165) is 51.0 Å². The highest BCUT2D eigenvalue weighted by atomic mass is 16.4. The van der Waals surface area contributed by atoms with Gasteiger partial charge in [0.2, 0.25) is 5.88 Å². The molecular formula is C29H24N2O3. The molecule has 3 aromatic heterocycles. The van der Waals surface area contributed by atoms with Gasteiger partial charge in [0.1, 0.15) is 11.0 Å². The third-order valence-corrected chi connectivity index (χ3v) is 7.23. The summed E-state index contributed by atoms with van der Waals surface area (Å²) < 4.78 is 12.5. The lowest BCUT2D eigenvalue weighted by Crippen LogP contribution is -2.22. The molecule has 0 saturated heterocycles. The average Bonchev–Trinajstić information content (AvgIpc) is 3.46. The third kappa shape index (κ3) is 2.90. The molecule has 0 amide bonds. The van der Waals surface area contributed by atoms with Gasteiger partial charge in [-0.1, -0.05) is 67.8 Å². The summed E-state index contributed by atoms with van der Waals surface area (Å²) in [5.41, 5.74) is 3.52.